The van der Waals surface area contributed by atoms with Crippen LogP contribution < -0.4 is 10.6 Å². The van der Waals surface area contributed by atoms with Crippen molar-refractivity contribution in [2.24, 2.45) is 0 Å². The summed E-state index contributed by atoms with van der Waals surface area (Å²) < 4.78 is 5.24. The fourth-order valence-corrected chi connectivity index (χ4v) is 2.78. The van der Waals surface area contributed by atoms with E-state index in [-0.39, 0.29) is 11.1 Å². The number of nitro groups is 1. The van der Waals surface area contributed by atoms with E-state index in [4.69, 9.17) is 4.74 Å². The third-order valence-electron chi connectivity index (χ3n) is 3.85. The Bertz CT molecular complexity index is 817. The zero-order valence-electron chi connectivity index (χ0n) is 15.1. The number of allylic oxidation sites excluding steroid dienone is 1. The smallest absolute Gasteiger partial charge is 0.338 e. The van der Waals surface area contributed by atoms with Gasteiger partial charge < -0.3 is 25.6 Å². The van der Waals surface area contributed by atoms with E-state index in [9.17, 15) is 29.9 Å². The standard InChI is InChI=1S/C17H21N3O7/c1-4-5-10-14(16(23)27-8(2)3)15(19-17(24)18-10)9-6-11(20(25)26)13(22)7-12(9)21/h6-8,15,21-22H,4-5H2,1-3H3,(H2,18,19,24). The first-order valence-corrected chi connectivity index (χ1v) is 8.37. The number of phenols is 2. The summed E-state index contributed by atoms with van der Waals surface area (Å²) in [7, 11) is 0. The average Bonchev–Trinajstić information content (AvgIpc) is 2.53. The number of benzene rings is 1. The third-order valence-corrected chi connectivity index (χ3v) is 3.85. The van der Waals surface area contributed by atoms with Gasteiger partial charge in [-0.2, -0.15) is 0 Å². The van der Waals surface area contributed by atoms with Crippen LogP contribution in [0.15, 0.2) is 23.4 Å². The second-order valence-electron chi connectivity index (χ2n) is 6.28. The summed E-state index contributed by atoms with van der Waals surface area (Å²) in [6.07, 6.45) is 0.532. The SMILES string of the molecule is CCCC1=C(C(=O)OC(C)C)C(c2cc([N+](=O)[O-])c(O)cc2O)NC(=O)N1. The molecule has 10 nitrogen and oxygen atoms in total. The first-order valence-electron chi connectivity index (χ1n) is 8.37. The topological polar surface area (TPSA) is 151 Å². The summed E-state index contributed by atoms with van der Waals surface area (Å²) in [4.78, 5) is 35.0. The summed E-state index contributed by atoms with van der Waals surface area (Å²) in [5.41, 5.74) is -0.407. The van der Waals surface area contributed by atoms with Crippen molar-refractivity contribution < 1.29 is 29.5 Å². The largest absolute Gasteiger partial charge is 0.507 e. The molecule has 146 valence electrons. The first kappa shape index (κ1) is 20.0. The van der Waals surface area contributed by atoms with Crippen molar-refractivity contribution >= 4 is 17.7 Å². The number of rotatable bonds is 6. The van der Waals surface area contributed by atoms with Gasteiger partial charge in [0.05, 0.1) is 22.6 Å². The molecule has 2 rings (SSSR count). The Morgan fingerprint density at radius 1 is 1.33 bits per heavy atom. The summed E-state index contributed by atoms with van der Waals surface area (Å²) in [6.45, 7) is 5.17. The van der Waals surface area contributed by atoms with Gasteiger partial charge in [0.25, 0.3) is 0 Å². The number of hydrogen-bond donors (Lipinski definition) is 4. The van der Waals surface area contributed by atoms with Crippen molar-refractivity contribution in [3.8, 4) is 11.5 Å². The van der Waals surface area contributed by atoms with E-state index in [2.05, 4.69) is 10.6 Å². The molecule has 2 amide bonds. The van der Waals surface area contributed by atoms with E-state index in [0.717, 1.165) is 12.1 Å². The quantitative estimate of drug-likeness (QED) is 0.336. The number of carbonyl (C=O) groups excluding carboxylic acids is 2. The van der Waals surface area contributed by atoms with Crippen LogP contribution in [0.1, 0.15) is 45.2 Å². The number of carbonyl (C=O) groups is 2. The number of amides is 2. The maximum atomic E-state index is 12.6. The minimum Gasteiger partial charge on any atom is -0.507 e. The predicted molar refractivity (Wildman–Crippen MR) is 94.0 cm³/mol. The molecule has 0 bridgehead atoms. The Morgan fingerprint density at radius 2 is 2.00 bits per heavy atom. The summed E-state index contributed by atoms with van der Waals surface area (Å²) in [5, 5.41) is 36.0. The molecular formula is C17H21N3O7. The lowest BCUT2D eigenvalue weighted by Gasteiger charge is -2.30. The molecule has 0 spiro atoms. The van der Waals surface area contributed by atoms with Gasteiger partial charge in [0.15, 0.2) is 5.75 Å². The highest BCUT2D eigenvalue weighted by Crippen LogP contribution is 2.40. The number of ether oxygens (including phenoxy) is 1. The van der Waals surface area contributed by atoms with Crippen LogP contribution in [0.3, 0.4) is 0 Å². The van der Waals surface area contributed by atoms with E-state index in [1.54, 1.807) is 13.8 Å². The lowest BCUT2D eigenvalue weighted by molar-refractivity contribution is -0.386. The van der Waals surface area contributed by atoms with Crippen LogP contribution in [-0.2, 0) is 9.53 Å². The van der Waals surface area contributed by atoms with E-state index in [1.807, 2.05) is 6.92 Å². The number of aromatic hydroxyl groups is 2. The van der Waals surface area contributed by atoms with Crippen molar-refractivity contribution in [1.82, 2.24) is 10.6 Å². The van der Waals surface area contributed by atoms with Crippen molar-refractivity contribution in [2.75, 3.05) is 0 Å². The van der Waals surface area contributed by atoms with Gasteiger partial charge >= 0.3 is 17.7 Å². The molecule has 4 N–H and O–H groups in total. The summed E-state index contributed by atoms with van der Waals surface area (Å²) in [5.74, 6) is -1.96. The van der Waals surface area contributed by atoms with Crippen LogP contribution in [-0.4, -0.2) is 33.2 Å². The molecular weight excluding hydrogens is 358 g/mol. The Labute approximate surface area is 155 Å². The predicted octanol–water partition coefficient (Wildman–Crippen LogP) is 2.37. The Balaban J connectivity index is 2.65. The third kappa shape index (κ3) is 4.27. The molecule has 1 aromatic rings. The first-order chi connectivity index (χ1) is 12.6. The van der Waals surface area contributed by atoms with Crippen molar-refractivity contribution in [1.29, 1.82) is 0 Å². The van der Waals surface area contributed by atoms with Crippen LogP contribution in [0.25, 0.3) is 0 Å². The van der Waals surface area contributed by atoms with E-state index in [1.165, 1.54) is 0 Å². The minimum absolute atomic E-state index is 0.0421. The fraction of sp³-hybridized carbons (Fsp3) is 0.412. The number of urea groups is 1. The summed E-state index contributed by atoms with van der Waals surface area (Å²) >= 11 is 0. The van der Waals surface area contributed by atoms with Gasteiger partial charge in [-0.15, -0.1) is 0 Å². The number of esters is 1. The Hall–Kier alpha value is -3.30. The monoisotopic (exact) mass is 379 g/mol. The van der Waals surface area contributed by atoms with Crippen LogP contribution in [0.4, 0.5) is 10.5 Å². The van der Waals surface area contributed by atoms with Crippen LogP contribution in [0.5, 0.6) is 11.5 Å². The molecule has 1 heterocycles. The van der Waals surface area contributed by atoms with Crippen molar-refractivity contribution in [3.05, 3.63) is 39.1 Å². The van der Waals surface area contributed by atoms with Crippen LogP contribution in [0, 0.1) is 10.1 Å². The molecule has 0 aromatic heterocycles. The van der Waals surface area contributed by atoms with Crippen molar-refractivity contribution in [3.63, 3.8) is 0 Å². The molecule has 0 fully saturated rings. The van der Waals surface area contributed by atoms with Gasteiger partial charge in [-0.25, -0.2) is 9.59 Å². The van der Waals surface area contributed by atoms with Gasteiger partial charge in [0.2, 0.25) is 0 Å². The van der Waals surface area contributed by atoms with Crippen LogP contribution in [0.2, 0.25) is 0 Å². The second-order valence-corrected chi connectivity index (χ2v) is 6.28. The van der Waals surface area contributed by atoms with Crippen molar-refractivity contribution in [2.45, 2.75) is 45.8 Å². The number of hydrogen-bond acceptors (Lipinski definition) is 7. The highest BCUT2D eigenvalue weighted by atomic mass is 16.6. The van der Waals surface area contributed by atoms with E-state index >= 15 is 0 Å². The highest BCUT2D eigenvalue weighted by Gasteiger charge is 2.36. The van der Waals surface area contributed by atoms with E-state index < -0.39 is 46.3 Å². The zero-order valence-corrected chi connectivity index (χ0v) is 15.1. The Kier molecular flexibility index (Phi) is 5.88. The van der Waals surface area contributed by atoms with Gasteiger partial charge in [0.1, 0.15) is 5.75 Å². The molecule has 1 atom stereocenters. The average molecular weight is 379 g/mol. The Morgan fingerprint density at radius 3 is 2.56 bits per heavy atom. The second kappa shape index (κ2) is 7.94. The fourth-order valence-electron chi connectivity index (χ4n) is 2.78. The van der Waals surface area contributed by atoms with Gasteiger partial charge in [0, 0.05) is 23.4 Å². The molecule has 1 aliphatic heterocycles. The molecule has 0 radical (unpaired) electrons. The minimum atomic E-state index is -1.18. The molecule has 0 saturated heterocycles. The lowest BCUT2D eigenvalue weighted by Crippen LogP contribution is -2.46. The lowest BCUT2D eigenvalue weighted by atomic mass is 9.92. The normalized spacial score (nSPS) is 16.7. The molecule has 27 heavy (non-hydrogen) atoms. The molecule has 1 unspecified atom stereocenters. The van der Waals surface area contributed by atoms with E-state index in [0.29, 0.717) is 18.5 Å². The molecule has 10 heteroatoms. The molecule has 0 aliphatic carbocycles. The maximum Gasteiger partial charge on any atom is 0.338 e. The number of nitro benzene ring substituents is 1. The zero-order chi connectivity index (χ0) is 20.3. The van der Waals surface area contributed by atoms with Gasteiger partial charge in [-0.1, -0.05) is 13.3 Å². The number of phenolic OH excluding ortho intramolecular Hbond substituents is 2. The molecule has 1 aliphatic rings. The highest BCUT2D eigenvalue weighted by molar-refractivity contribution is 5.95. The number of nitrogens with one attached hydrogen (secondary N) is 2. The molecule has 0 saturated carbocycles. The summed E-state index contributed by atoms with van der Waals surface area (Å²) in [6, 6.07) is -0.0785. The van der Waals surface area contributed by atoms with Crippen LogP contribution >= 0.6 is 0 Å². The van der Waals surface area contributed by atoms with Gasteiger partial charge in [-0.05, 0) is 20.3 Å². The maximum absolute atomic E-state index is 12.6. The number of nitrogens with zero attached hydrogens (tertiary/aromatic N) is 1. The molecule has 1 aromatic carbocycles. The van der Waals surface area contributed by atoms with Gasteiger partial charge in [-0.3, -0.25) is 10.1 Å².